The molecule has 0 aliphatic heterocycles. The second kappa shape index (κ2) is 4.02. The van der Waals surface area contributed by atoms with Gasteiger partial charge in [0.2, 0.25) is 12.0 Å². The van der Waals surface area contributed by atoms with Crippen LogP contribution in [0.1, 0.15) is 5.56 Å². The van der Waals surface area contributed by atoms with Gasteiger partial charge in [0.25, 0.3) is 0 Å². The van der Waals surface area contributed by atoms with Gasteiger partial charge >= 0.3 is 0 Å². The number of hydrogen-bond donors (Lipinski definition) is 2. The minimum Gasteiger partial charge on any atom is -0.329 e. The van der Waals surface area contributed by atoms with E-state index in [4.69, 9.17) is 0 Å². The summed E-state index contributed by atoms with van der Waals surface area (Å²) in [6.07, 6.45) is 0.540. The second-order valence-electron chi connectivity index (χ2n) is 3.33. The van der Waals surface area contributed by atoms with E-state index >= 15 is 0 Å². The number of carbonyl (C=O) groups is 1. The number of H-pyrrole nitrogens is 1. The minimum atomic E-state index is -0.220. The highest BCUT2D eigenvalue weighted by molar-refractivity contribution is 5.92. The Bertz CT molecular complexity index is 614. The Morgan fingerprint density at radius 2 is 2.12 bits per heavy atom. The molecule has 1 heterocycles. The molecule has 2 N–H and O–H groups in total. The van der Waals surface area contributed by atoms with Gasteiger partial charge in [-0.2, -0.15) is 0 Å². The van der Waals surface area contributed by atoms with E-state index in [9.17, 15) is 9.59 Å². The number of para-hydroxylation sites is 1. The summed E-state index contributed by atoms with van der Waals surface area (Å²) < 4.78 is 0. The van der Waals surface area contributed by atoms with Crippen LogP contribution in [-0.2, 0) is 4.79 Å². The molecule has 0 radical (unpaired) electrons. The third kappa shape index (κ3) is 1.72. The molecule has 4 nitrogen and oxygen atoms in total. The van der Waals surface area contributed by atoms with Gasteiger partial charge in [-0.25, -0.2) is 0 Å². The molecule has 0 saturated heterocycles. The number of pyridine rings is 1. The van der Waals surface area contributed by atoms with E-state index in [0.29, 0.717) is 17.7 Å². The Kier molecular flexibility index (Phi) is 2.55. The molecule has 16 heavy (non-hydrogen) atoms. The summed E-state index contributed by atoms with van der Waals surface area (Å²) in [5.74, 6) is 0. The molecule has 0 spiro atoms. The third-order valence-electron chi connectivity index (χ3n) is 2.31. The van der Waals surface area contributed by atoms with Crippen LogP contribution in [0, 0.1) is 0 Å². The number of amides is 1. The maximum atomic E-state index is 11.4. The third-order valence-corrected chi connectivity index (χ3v) is 2.31. The quantitative estimate of drug-likeness (QED) is 0.755. The van der Waals surface area contributed by atoms with Crippen molar-refractivity contribution in [1.29, 1.82) is 0 Å². The fourth-order valence-corrected chi connectivity index (χ4v) is 1.60. The highest BCUT2D eigenvalue weighted by Gasteiger charge is 2.05. The molecular formula is C12H10N2O2. The molecule has 1 aromatic heterocycles. The van der Waals surface area contributed by atoms with E-state index in [1.54, 1.807) is 6.07 Å². The molecule has 0 unspecified atom stereocenters. The zero-order valence-electron chi connectivity index (χ0n) is 8.49. The van der Waals surface area contributed by atoms with Crippen LogP contribution >= 0.6 is 0 Å². The largest absolute Gasteiger partial charge is 0.329 e. The number of aromatic nitrogens is 1. The van der Waals surface area contributed by atoms with Gasteiger partial charge < -0.3 is 10.3 Å². The minimum absolute atomic E-state index is 0.220. The lowest BCUT2D eigenvalue weighted by atomic mass is 10.1. The Morgan fingerprint density at radius 3 is 2.88 bits per heavy atom. The van der Waals surface area contributed by atoms with Gasteiger partial charge in [0.05, 0.1) is 0 Å². The van der Waals surface area contributed by atoms with Crippen LogP contribution in [0.5, 0.6) is 0 Å². The average molecular weight is 214 g/mol. The van der Waals surface area contributed by atoms with E-state index in [1.807, 2.05) is 18.2 Å². The van der Waals surface area contributed by atoms with E-state index in [-0.39, 0.29) is 5.56 Å². The highest BCUT2D eigenvalue weighted by atomic mass is 16.1. The number of aromatic amines is 1. The standard InChI is InChI=1S/C12H10N2O2/c1-8(13-7-15)10-6-12(16)14-11-5-3-2-4-9(10)11/h2-7H,1H2,(H,13,15)(H,14,16). The number of benzene rings is 1. The van der Waals surface area contributed by atoms with Gasteiger partial charge in [0.15, 0.2) is 0 Å². The lowest BCUT2D eigenvalue weighted by molar-refractivity contribution is -0.108. The van der Waals surface area contributed by atoms with Crippen molar-refractivity contribution in [2.45, 2.75) is 0 Å². The van der Waals surface area contributed by atoms with Crippen molar-refractivity contribution in [2.24, 2.45) is 0 Å². The molecule has 0 saturated carbocycles. The van der Waals surface area contributed by atoms with Crippen molar-refractivity contribution in [1.82, 2.24) is 10.3 Å². The predicted octanol–water partition coefficient (Wildman–Crippen LogP) is 1.24. The summed E-state index contributed by atoms with van der Waals surface area (Å²) in [6, 6.07) is 8.77. The molecular weight excluding hydrogens is 204 g/mol. The number of rotatable bonds is 3. The number of hydrogen-bond acceptors (Lipinski definition) is 2. The monoisotopic (exact) mass is 214 g/mol. The second-order valence-corrected chi connectivity index (χ2v) is 3.33. The van der Waals surface area contributed by atoms with Gasteiger partial charge in [-0.3, -0.25) is 9.59 Å². The molecule has 1 amide bonds. The van der Waals surface area contributed by atoms with Crippen molar-refractivity contribution in [3.8, 4) is 0 Å². The average Bonchev–Trinajstić information content (AvgIpc) is 2.28. The van der Waals surface area contributed by atoms with Crippen molar-refractivity contribution >= 4 is 23.0 Å². The van der Waals surface area contributed by atoms with Gasteiger partial charge in [-0.15, -0.1) is 0 Å². The molecule has 0 atom stereocenters. The molecule has 0 aliphatic rings. The summed E-state index contributed by atoms with van der Waals surface area (Å²) in [5, 5.41) is 3.30. The normalized spacial score (nSPS) is 10.0. The van der Waals surface area contributed by atoms with Crippen LogP contribution in [0.15, 0.2) is 41.7 Å². The Hall–Kier alpha value is -2.36. The summed E-state index contributed by atoms with van der Waals surface area (Å²) in [5.41, 5.74) is 1.55. The SMILES string of the molecule is C=C(NC=O)c1cc(=O)[nH]c2ccccc12. The first-order valence-electron chi connectivity index (χ1n) is 4.74. The molecule has 0 bridgehead atoms. The fraction of sp³-hybridized carbons (Fsp3) is 0. The Morgan fingerprint density at radius 1 is 1.38 bits per heavy atom. The summed E-state index contributed by atoms with van der Waals surface area (Å²) in [7, 11) is 0. The van der Waals surface area contributed by atoms with Crippen molar-refractivity contribution < 1.29 is 4.79 Å². The predicted molar refractivity (Wildman–Crippen MR) is 62.8 cm³/mol. The van der Waals surface area contributed by atoms with Crippen LogP contribution in [0.3, 0.4) is 0 Å². The molecule has 4 heteroatoms. The zero-order valence-corrected chi connectivity index (χ0v) is 8.49. The van der Waals surface area contributed by atoms with Crippen LogP contribution in [0.4, 0.5) is 0 Å². The maximum absolute atomic E-state index is 11.4. The highest BCUT2D eigenvalue weighted by Crippen LogP contribution is 2.18. The van der Waals surface area contributed by atoms with Crippen LogP contribution in [-0.4, -0.2) is 11.4 Å². The van der Waals surface area contributed by atoms with Crippen molar-refractivity contribution in [3.05, 3.63) is 52.8 Å². The van der Waals surface area contributed by atoms with Crippen LogP contribution < -0.4 is 10.9 Å². The molecule has 2 aromatic rings. The van der Waals surface area contributed by atoms with Gasteiger partial charge in [0.1, 0.15) is 0 Å². The molecule has 80 valence electrons. The first-order chi connectivity index (χ1) is 7.72. The van der Waals surface area contributed by atoms with Crippen LogP contribution in [0.2, 0.25) is 0 Å². The summed E-state index contributed by atoms with van der Waals surface area (Å²) in [4.78, 5) is 24.5. The first-order valence-corrected chi connectivity index (χ1v) is 4.74. The van der Waals surface area contributed by atoms with E-state index < -0.39 is 0 Å². The Balaban J connectivity index is 2.72. The van der Waals surface area contributed by atoms with Gasteiger partial charge in [-0.1, -0.05) is 24.8 Å². The lowest BCUT2D eigenvalue weighted by Gasteiger charge is -2.07. The fourth-order valence-electron chi connectivity index (χ4n) is 1.60. The zero-order chi connectivity index (χ0) is 11.5. The first kappa shape index (κ1) is 10.2. The topological polar surface area (TPSA) is 62.0 Å². The number of fused-ring (bicyclic) bond motifs is 1. The smallest absolute Gasteiger partial charge is 0.249 e. The van der Waals surface area contributed by atoms with E-state index in [0.717, 1.165) is 10.9 Å². The van der Waals surface area contributed by atoms with Gasteiger partial charge in [-0.05, 0) is 6.07 Å². The van der Waals surface area contributed by atoms with E-state index in [2.05, 4.69) is 16.9 Å². The summed E-state index contributed by atoms with van der Waals surface area (Å²) >= 11 is 0. The maximum Gasteiger partial charge on any atom is 0.249 e. The lowest BCUT2D eigenvalue weighted by Crippen LogP contribution is -2.12. The molecule has 2 rings (SSSR count). The Labute approximate surface area is 91.6 Å². The molecule has 1 aromatic carbocycles. The van der Waals surface area contributed by atoms with Crippen LogP contribution in [0.25, 0.3) is 16.6 Å². The summed E-state index contributed by atoms with van der Waals surface area (Å²) in [6.45, 7) is 3.71. The van der Waals surface area contributed by atoms with Crippen molar-refractivity contribution in [2.75, 3.05) is 0 Å². The molecule has 0 fully saturated rings. The number of nitrogens with one attached hydrogen (secondary N) is 2. The van der Waals surface area contributed by atoms with Crippen molar-refractivity contribution in [3.63, 3.8) is 0 Å². The van der Waals surface area contributed by atoms with Gasteiger partial charge in [0, 0.05) is 28.2 Å². The van der Waals surface area contributed by atoms with E-state index in [1.165, 1.54) is 6.07 Å². The number of carbonyl (C=O) groups excluding carboxylic acids is 1. The molecule has 0 aliphatic carbocycles.